The number of halogens is 1. The van der Waals surface area contributed by atoms with Gasteiger partial charge in [0.2, 0.25) is 0 Å². The van der Waals surface area contributed by atoms with Gasteiger partial charge in [0.1, 0.15) is 23.4 Å². The van der Waals surface area contributed by atoms with Gasteiger partial charge in [-0.15, -0.1) is 0 Å². The van der Waals surface area contributed by atoms with E-state index in [0.29, 0.717) is 5.56 Å². The topological polar surface area (TPSA) is 94.1 Å². The molecule has 0 aromatic heterocycles. The fourth-order valence-corrected chi connectivity index (χ4v) is 1.93. The summed E-state index contributed by atoms with van der Waals surface area (Å²) in [6, 6.07) is 4.90. The number of hydrogen-bond donors (Lipinski definition) is 1. The Kier molecular flexibility index (Phi) is 5.43. The van der Waals surface area contributed by atoms with Crippen LogP contribution in [0.15, 0.2) is 24.3 Å². The molecule has 0 spiro atoms. The number of benzene rings is 1. The molecule has 21 heavy (non-hydrogen) atoms. The van der Waals surface area contributed by atoms with Crippen LogP contribution in [0.5, 0.6) is 0 Å². The number of carbonyl (C=O) groups excluding carboxylic acids is 2. The number of rotatable bonds is 5. The monoisotopic (exact) mass is 297 g/mol. The summed E-state index contributed by atoms with van der Waals surface area (Å²) in [6.45, 7) is 4.92. The highest BCUT2D eigenvalue weighted by molar-refractivity contribution is 5.93. The summed E-state index contributed by atoms with van der Waals surface area (Å²) in [7, 11) is 0. The molecule has 0 radical (unpaired) electrons. The first-order valence-electron chi connectivity index (χ1n) is 6.61. The zero-order valence-corrected chi connectivity index (χ0v) is 12.4. The van der Waals surface area contributed by atoms with Gasteiger partial charge in [0, 0.05) is 6.42 Å². The lowest BCUT2D eigenvalue weighted by molar-refractivity contribution is -0.433. The van der Waals surface area contributed by atoms with E-state index in [1.165, 1.54) is 18.2 Å². The van der Waals surface area contributed by atoms with E-state index in [1.807, 2.05) is 0 Å². The highest BCUT2D eigenvalue weighted by Crippen LogP contribution is 2.15. The standard InChI is InChI=1S/C15H20FNO4/c1-15(2,3)21-14(20)12(13(18)19)11(17)8-9-5-4-6-10(16)7-9/h4-7,11-12H,8,17H2,1-3H3,(H,18,19)/t11-,12+/m0/s1. The Balaban J connectivity index is 2.85. The molecule has 2 atom stereocenters. The van der Waals surface area contributed by atoms with Gasteiger partial charge in [-0.2, -0.15) is 0 Å². The number of carbonyl (C=O) groups is 2. The molecule has 0 aliphatic rings. The summed E-state index contributed by atoms with van der Waals surface area (Å²) in [4.78, 5) is 23.1. The molecule has 0 aliphatic heterocycles. The van der Waals surface area contributed by atoms with Crippen molar-refractivity contribution in [3.63, 3.8) is 0 Å². The van der Waals surface area contributed by atoms with Crippen molar-refractivity contribution in [3.8, 4) is 0 Å². The van der Waals surface area contributed by atoms with Crippen LogP contribution in [0, 0.1) is 11.7 Å². The summed E-state index contributed by atoms with van der Waals surface area (Å²) in [5.74, 6) is -4.35. The first-order valence-corrected chi connectivity index (χ1v) is 6.61. The molecule has 0 heterocycles. The Labute approximate surface area is 122 Å². The summed E-state index contributed by atoms with van der Waals surface area (Å²) < 4.78 is 18.2. The Morgan fingerprint density at radius 3 is 2.48 bits per heavy atom. The van der Waals surface area contributed by atoms with E-state index in [1.54, 1.807) is 26.8 Å². The zero-order valence-electron chi connectivity index (χ0n) is 12.4. The predicted octanol–water partition coefficient (Wildman–Crippen LogP) is -0.313. The Hall–Kier alpha value is -1.95. The molecule has 0 saturated heterocycles. The quantitative estimate of drug-likeness (QED) is 0.595. The number of carboxylic acids is 1. The summed E-state index contributed by atoms with van der Waals surface area (Å²) >= 11 is 0. The molecule has 3 N–H and O–H groups in total. The first kappa shape index (κ1) is 17.1. The highest BCUT2D eigenvalue weighted by Gasteiger charge is 2.34. The van der Waals surface area contributed by atoms with Crippen molar-refractivity contribution < 1.29 is 29.6 Å². The highest BCUT2D eigenvalue weighted by atomic mass is 19.1. The molecule has 1 rings (SSSR count). The SMILES string of the molecule is CC(C)(C)OC(=O)[C@@H](C(=O)[O-])[C@@H]([NH3+])Cc1cccc(F)c1. The van der Waals surface area contributed by atoms with Crippen LogP contribution in [0.3, 0.4) is 0 Å². The van der Waals surface area contributed by atoms with Gasteiger partial charge in [-0.05, 0) is 38.5 Å². The van der Waals surface area contributed by atoms with Gasteiger partial charge in [-0.1, -0.05) is 12.1 Å². The molecule has 1 aromatic carbocycles. The average Bonchev–Trinajstić information content (AvgIpc) is 2.25. The smallest absolute Gasteiger partial charge is 0.321 e. The van der Waals surface area contributed by atoms with Gasteiger partial charge in [0.15, 0.2) is 0 Å². The number of aliphatic carboxylic acids is 1. The number of ether oxygens (including phenoxy) is 1. The molecule has 0 saturated carbocycles. The van der Waals surface area contributed by atoms with Crippen LogP contribution >= 0.6 is 0 Å². The fraction of sp³-hybridized carbons (Fsp3) is 0.467. The lowest BCUT2D eigenvalue weighted by Gasteiger charge is -2.26. The number of quaternary nitrogens is 1. The minimum atomic E-state index is -1.54. The van der Waals surface area contributed by atoms with Crippen molar-refractivity contribution in [2.45, 2.75) is 38.8 Å². The molecule has 0 bridgehead atoms. The minimum absolute atomic E-state index is 0.135. The molecule has 0 amide bonds. The van der Waals surface area contributed by atoms with Gasteiger partial charge < -0.3 is 20.4 Å². The number of esters is 1. The summed E-state index contributed by atoms with van der Waals surface area (Å²) in [5.41, 5.74) is 3.45. The molecule has 1 aromatic rings. The van der Waals surface area contributed by atoms with E-state index >= 15 is 0 Å². The molecule has 0 fully saturated rings. The van der Waals surface area contributed by atoms with E-state index in [4.69, 9.17) is 4.74 Å². The van der Waals surface area contributed by atoms with E-state index in [0.717, 1.165) is 0 Å². The fourth-order valence-electron chi connectivity index (χ4n) is 1.93. The maximum atomic E-state index is 13.1. The van der Waals surface area contributed by atoms with Gasteiger partial charge >= 0.3 is 5.97 Å². The van der Waals surface area contributed by atoms with Crippen molar-refractivity contribution in [1.29, 1.82) is 0 Å². The molecule has 5 nitrogen and oxygen atoms in total. The third-order valence-corrected chi connectivity index (χ3v) is 2.77. The van der Waals surface area contributed by atoms with Crippen molar-refractivity contribution in [2.75, 3.05) is 0 Å². The maximum absolute atomic E-state index is 13.1. The van der Waals surface area contributed by atoms with Crippen LogP contribution in [-0.4, -0.2) is 23.6 Å². The second-order valence-corrected chi connectivity index (χ2v) is 5.92. The maximum Gasteiger partial charge on any atom is 0.321 e. The lowest BCUT2D eigenvalue weighted by Crippen LogP contribution is -2.69. The van der Waals surface area contributed by atoms with Crippen LogP contribution in [0.2, 0.25) is 0 Å². The first-order chi connectivity index (χ1) is 9.60. The van der Waals surface area contributed by atoms with E-state index in [-0.39, 0.29) is 6.42 Å². The Morgan fingerprint density at radius 2 is 2.00 bits per heavy atom. The predicted molar refractivity (Wildman–Crippen MR) is 71.1 cm³/mol. The molecule has 6 heteroatoms. The zero-order chi connectivity index (χ0) is 16.2. The molecule has 0 unspecified atom stereocenters. The third kappa shape index (κ3) is 5.51. The van der Waals surface area contributed by atoms with E-state index < -0.39 is 35.3 Å². The van der Waals surface area contributed by atoms with Gasteiger partial charge in [0.05, 0.1) is 5.97 Å². The van der Waals surface area contributed by atoms with Crippen LogP contribution in [0.1, 0.15) is 26.3 Å². The molecule has 0 aliphatic carbocycles. The summed E-state index contributed by atoms with van der Waals surface area (Å²) in [5, 5.41) is 11.2. The third-order valence-electron chi connectivity index (χ3n) is 2.77. The van der Waals surface area contributed by atoms with Gasteiger partial charge in [-0.25, -0.2) is 4.39 Å². The second kappa shape index (κ2) is 6.67. The van der Waals surface area contributed by atoms with Gasteiger partial charge in [-0.3, -0.25) is 4.79 Å². The van der Waals surface area contributed by atoms with Crippen molar-refractivity contribution >= 4 is 11.9 Å². The lowest BCUT2D eigenvalue weighted by atomic mass is 9.94. The second-order valence-electron chi connectivity index (χ2n) is 5.92. The Morgan fingerprint density at radius 1 is 1.38 bits per heavy atom. The molecular formula is C15H20FNO4. The van der Waals surface area contributed by atoms with Crippen LogP contribution in [-0.2, 0) is 20.7 Å². The van der Waals surface area contributed by atoms with Crippen LogP contribution in [0.4, 0.5) is 4.39 Å². The average molecular weight is 297 g/mol. The Bertz CT molecular complexity index is 525. The normalized spacial score (nSPS) is 14.3. The van der Waals surface area contributed by atoms with E-state index in [9.17, 15) is 19.1 Å². The van der Waals surface area contributed by atoms with Crippen LogP contribution in [0.25, 0.3) is 0 Å². The molecular weight excluding hydrogens is 277 g/mol. The van der Waals surface area contributed by atoms with Gasteiger partial charge in [0.25, 0.3) is 0 Å². The summed E-state index contributed by atoms with van der Waals surface area (Å²) in [6.07, 6.45) is 0.135. The number of hydrogen-bond acceptors (Lipinski definition) is 4. The van der Waals surface area contributed by atoms with Crippen LogP contribution < -0.4 is 10.8 Å². The van der Waals surface area contributed by atoms with E-state index in [2.05, 4.69) is 5.73 Å². The molecule has 116 valence electrons. The van der Waals surface area contributed by atoms with Crippen molar-refractivity contribution in [3.05, 3.63) is 35.6 Å². The van der Waals surface area contributed by atoms with Crippen molar-refractivity contribution in [1.82, 2.24) is 0 Å². The number of carboxylic acid groups (broad SMARTS) is 1. The van der Waals surface area contributed by atoms with Crippen molar-refractivity contribution in [2.24, 2.45) is 5.92 Å². The largest absolute Gasteiger partial charge is 0.549 e. The minimum Gasteiger partial charge on any atom is -0.549 e.